The Bertz CT molecular complexity index is 1890. The molecule has 1 unspecified atom stereocenters. The first-order valence-electron chi connectivity index (χ1n) is 11.9. The molecule has 0 bridgehead atoms. The van der Waals surface area contributed by atoms with Crippen LogP contribution in [0.5, 0.6) is 0 Å². The summed E-state index contributed by atoms with van der Waals surface area (Å²) in [5.41, 5.74) is -0.199. The van der Waals surface area contributed by atoms with Crippen molar-refractivity contribution in [3.8, 4) is 11.3 Å². The predicted molar refractivity (Wildman–Crippen MR) is 138 cm³/mol. The molecule has 2 aromatic heterocycles. The standard InChI is InChI=1S/C28H15ClF5N5O2/c29-20-2-1-16(30)10-18(20)25-24-19(27(41)38-25)7-13(22-12-39-4-3-35-23(39)11-36-22)8-21(24)37-26(40)14-5-15(28(32,33)34)9-17(31)6-14/h1-12,25H,(H,37,40)(H,38,41). The zero-order valence-electron chi connectivity index (χ0n) is 20.4. The van der Waals surface area contributed by atoms with Crippen LogP contribution in [0.25, 0.3) is 16.9 Å². The molecule has 206 valence electrons. The van der Waals surface area contributed by atoms with Crippen molar-refractivity contribution in [1.29, 1.82) is 0 Å². The number of anilines is 1. The zero-order chi connectivity index (χ0) is 29.1. The number of carbonyl (C=O) groups is 2. The SMILES string of the molecule is O=C(Nc1cc(-c2cn3ccnc3cn2)cc2c1C(c1cc(F)ccc1Cl)NC2=O)c1cc(F)cc(C(F)(F)F)c1. The summed E-state index contributed by atoms with van der Waals surface area (Å²) in [5, 5.41) is 5.35. The summed E-state index contributed by atoms with van der Waals surface area (Å²) < 4.78 is 69.8. The third-order valence-electron chi connectivity index (χ3n) is 6.57. The highest BCUT2D eigenvalue weighted by molar-refractivity contribution is 6.31. The van der Waals surface area contributed by atoms with E-state index in [0.717, 1.165) is 12.1 Å². The van der Waals surface area contributed by atoms with Crippen molar-refractivity contribution in [1.82, 2.24) is 19.7 Å². The first kappa shape index (κ1) is 26.4. The summed E-state index contributed by atoms with van der Waals surface area (Å²) in [6, 6.07) is 6.97. The lowest BCUT2D eigenvalue weighted by molar-refractivity contribution is -0.137. The van der Waals surface area contributed by atoms with Crippen LogP contribution < -0.4 is 10.6 Å². The van der Waals surface area contributed by atoms with Crippen LogP contribution in [0.4, 0.5) is 27.6 Å². The quantitative estimate of drug-likeness (QED) is 0.239. The molecule has 3 aromatic carbocycles. The molecule has 0 saturated heterocycles. The molecule has 1 aliphatic heterocycles. The molecule has 13 heteroatoms. The smallest absolute Gasteiger partial charge is 0.341 e. The van der Waals surface area contributed by atoms with Crippen molar-refractivity contribution < 1.29 is 31.5 Å². The molecular formula is C28H15ClF5N5O2. The molecule has 0 aliphatic carbocycles. The van der Waals surface area contributed by atoms with E-state index in [1.54, 1.807) is 23.0 Å². The van der Waals surface area contributed by atoms with Crippen molar-refractivity contribution in [2.45, 2.75) is 12.2 Å². The first-order valence-corrected chi connectivity index (χ1v) is 12.3. The second-order valence-corrected chi connectivity index (χ2v) is 9.61. The summed E-state index contributed by atoms with van der Waals surface area (Å²) in [4.78, 5) is 34.8. The summed E-state index contributed by atoms with van der Waals surface area (Å²) >= 11 is 6.32. The van der Waals surface area contributed by atoms with Gasteiger partial charge in [-0.05, 0) is 48.5 Å². The summed E-state index contributed by atoms with van der Waals surface area (Å²) in [6.07, 6.45) is 1.45. The number of amides is 2. The number of fused-ring (bicyclic) bond motifs is 2. The van der Waals surface area contributed by atoms with Crippen molar-refractivity contribution in [2.24, 2.45) is 0 Å². The van der Waals surface area contributed by atoms with Crippen molar-refractivity contribution in [2.75, 3.05) is 5.32 Å². The number of nitrogens with zero attached hydrogens (tertiary/aromatic N) is 3. The van der Waals surface area contributed by atoms with Crippen molar-refractivity contribution in [3.63, 3.8) is 0 Å². The zero-order valence-corrected chi connectivity index (χ0v) is 21.2. The van der Waals surface area contributed by atoms with Gasteiger partial charge in [0.15, 0.2) is 5.65 Å². The maximum absolute atomic E-state index is 14.2. The van der Waals surface area contributed by atoms with Crippen LogP contribution >= 0.6 is 11.6 Å². The molecule has 2 amide bonds. The van der Waals surface area contributed by atoms with Gasteiger partial charge < -0.3 is 15.0 Å². The van der Waals surface area contributed by atoms with Crippen LogP contribution in [0.3, 0.4) is 0 Å². The molecule has 1 atom stereocenters. The Morgan fingerprint density at radius 2 is 1.83 bits per heavy atom. The van der Waals surface area contributed by atoms with E-state index in [2.05, 4.69) is 20.6 Å². The number of nitrogens with one attached hydrogen (secondary N) is 2. The maximum atomic E-state index is 14.2. The van der Waals surface area contributed by atoms with Gasteiger partial charge in [-0.3, -0.25) is 14.6 Å². The minimum absolute atomic E-state index is 0.00322. The fourth-order valence-corrected chi connectivity index (χ4v) is 4.93. The Balaban J connectivity index is 1.51. The summed E-state index contributed by atoms with van der Waals surface area (Å²) in [6.45, 7) is 0. The van der Waals surface area contributed by atoms with Crippen LogP contribution in [0.2, 0.25) is 5.02 Å². The minimum Gasteiger partial charge on any atom is -0.341 e. The third kappa shape index (κ3) is 4.86. The van der Waals surface area contributed by atoms with Gasteiger partial charge in [0.2, 0.25) is 0 Å². The molecule has 6 rings (SSSR count). The predicted octanol–water partition coefficient (Wildman–Crippen LogP) is 6.43. The van der Waals surface area contributed by atoms with E-state index in [-0.39, 0.29) is 33.5 Å². The largest absolute Gasteiger partial charge is 0.416 e. The average Bonchev–Trinajstić information content (AvgIpc) is 3.53. The van der Waals surface area contributed by atoms with Crippen LogP contribution in [0.1, 0.15) is 43.4 Å². The number of carbonyl (C=O) groups excluding carboxylic acids is 2. The lowest BCUT2D eigenvalue weighted by atomic mass is 9.93. The highest BCUT2D eigenvalue weighted by Crippen LogP contribution is 2.42. The molecule has 7 nitrogen and oxygen atoms in total. The second kappa shape index (κ2) is 9.66. The number of halogens is 6. The lowest BCUT2D eigenvalue weighted by Gasteiger charge is -2.19. The molecule has 0 fully saturated rings. The molecule has 0 spiro atoms. The van der Waals surface area contributed by atoms with Crippen molar-refractivity contribution >= 4 is 34.7 Å². The van der Waals surface area contributed by atoms with Gasteiger partial charge in [-0.1, -0.05) is 11.6 Å². The number of alkyl halides is 3. The fourth-order valence-electron chi connectivity index (χ4n) is 4.71. The Hall–Kier alpha value is -4.84. The Morgan fingerprint density at radius 3 is 2.61 bits per heavy atom. The average molecular weight is 584 g/mol. The van der Waals surface area contributed by atoms with Crippen LogP contribution in [0, 0.1) is 11.6 Å². The monoisotopic (exact) mass is 583 g/mol. The van der Waals surface area contributed by atoms with E-state index in [0.29, 0.717) is 29.0 Å². The molecular weight excluding hydrogens is 569 g/mol. The highest BCUT2D eigenvalue weighted by Gasteiger charge is 2.36. The van der Waals surface area contributed by atoms with E-state index < -0.39 is 46.8 Å². The lowest BCUT2D eigenvalue weighted by Crippen LogP contribution is -2.21. The molecule has 0 radical (unpaired) electrons. The number of rotatable bonds is 4. The van der Waals surface area contributed by atoms with Crippen LogP contribution in [0.15, 0.2) is 73.3 Å². The Labute approximate surface area is 232 Å². The fraction of sp³-hybridized carbons (Fsp3) is 0.0714. The number of hydrogen-bond acceptors (Lipinski definition) is 4. The van der Waals surface area contributed by atoms with Gasteiger partial charge >= 0.3 is 6.18 Å². The van der Waals surface area contributed by atoms with E-state index in [1.165, 1.54) is 24.4 Å². The minimum atomic E-state index is -4.90. The molecule has 1 aliphatic rings. The van der Waals surface area contributed by atoms with E-state index in [9.17, 15) is 31.5 Å². The van der Waals surface area contributed by atoms with Crippen molar-refractivity contribution in [3.05, 3.63) is 118 Å². The number of benzene rings is 3. The first-order chi connectivity index (χ1) is 19.5. The number of imidazole rings is 1. The van der Waals surface area contributed by atoms with E-state index >= 15 is 0 Å². The van der Waals surface area contributed by atoms with Gasteiger partial charge in [-0.15, -0.1) is 0 Å². The van der Waals surface area contributed by atoms with Crippen LogP contribution in [-0.4, -0.2) is 26.2 Å². The molecule has 3 heterocycles. The number of hydrogen-bond donors (Lipinski definition) is 2. The van der Waals surface area contributed by atoms with Gasteiger partial charge in [-0.2, -0.15) is 13.2 Å². The van der Waals surface area contributed by atoms with Gasteiger partial charge in [0, 0.05) is 57.1 Å². The summed E-state index contributed by atoms with van der Waals surface area (Å²) in [5.74, 6) is -3.54. The topological polar surface area (TPSA) is 88.4 Å². The van der Waals surface area contributed by atoms with Gasteiger partial charge in [0.1, 0.15) is 11.6 Å². The molecule has 0 saturated carbocycles. The second-order valence-electron chi connectivity index (χ2n) is 9.20. The van der Waals surface area contributed by atoms with E-state index in [1.807, 2.05) is 0 Å². The van der Waals surface area contributed by atoms with Gasteiger partial charge in [-0.25, -0.2) is 13.8 Å². The summed E-state index contributed by atoms with van der Waals surface area (Å²) in [7, 11) is 0. The maximum Gasteiger partial charge on any atom is 0.416 e. The highest BCUT2D eigenvalue weighted by atomic mass is 35.5. The third-order valence-corrected chi connectivity index (χ3v) is 6.91. The van der Waals surface area contributed by atoms with Crippen LogP contribution in [-0.2, 0) is 6.18 Å². The normalized spacial score (nSPS) is 14.7. The molecule has 2 N–H and O–H groups in total. The Morgan fingerprint density at radius 1 is 1.02 bits per heavy atom. The Kier molecular flexibility index (Phi) is 6.22. The van der Waals surface area contributed by atoms with Gasteiger partial charge in [0.25, 0.3) is 11.8 Å². The molecule has 41 heavy (non-hydrogen) atoms. The molecule has 5 aromatic rings. The van der Waals surface area contributed by atoms with E-state index in [4.69, 9.17) is 11.6 Å². The number of aromatic nitrogens is 3. The van der Waals surface area contributed by atoms with Gasteiger partial charge in [0.05, 0.1) is 23.5 Å².